The van der Waals surface area contributed by atoms with Crippen LogP contribution in [0.15, 0.2) is 4.99 Å². The molecule has 0 N–H and O–H groups in total. The number of unbranched alkanes of at least 4 members (excludes halogenated alkanes) is 1. The van der Waals surface area contributed by atoms with Gasteiger partial charge in [-0.1, -0.05) is 33.6 Å². The Kier molecular flexibility index (Phi) is 4.66. The Bertz CT molecular complexity index is 160. The smallest absolute Gasteiger partial charge is 0.0520 e. The SMILES string of the molecule is CCCCC(C)(C)C=NC(C)(C)C. The molecule has 0 aromatic carbocycles. The standard InChI is InChI=1S/C12H25N/c1-7-8-9-12(5,6)10-13-11(2,3)4/h10H,7-9H2,1-6H3. The zero-order valence-corrected chi connectivity index (χ0v) is 10.1. The molecule has 0 aromatic heterocycles. The van der Waals surface area contributed by atoms with Gasteiger partial charge in [0.1, 0.15) is 0 Å². The van der Waals surface area contributed by atoms with E-state index in [-0.39, 0.29) is 11.0 Å². The third-order valence-electron chi connectivity index (χ3n) is 1.98. The molecule has 0 aliphatic heterocycles. The maximum atomic E-state index is 4.56. The average molecular weight is 183 g/mol. The summed E-state index contributed by atoms with van der Waals surface area (Å²) in [6.45, 7) is 13.2. The fourth-order valence-electron chi connectivity index (χ4n) is 1.07. The van der Waals surface area contributed by atoms with E-state index in [0.717, 1.165) is 0 Å². The highest BCUT2D eigenvalue weighted by Crippen LogP contribution is 2.21. The van der Waals surface area contributed by atoms with Crippen LogP contribution in [0, 0.1) is 5.41 Å². The Hall–Kier alpha value is -0.330. The summed E-state index contributed by atoms with van der Waals surface area (Å²) >= 11 is 0. The van der Waals surface area contributed by atoms with Crippen molar-refractivity contribution in [2.75, 3.05) is 0 Å². The molecule has 0 aliphatic carbocycles. The van der Waals surface area contributed by atoms with Gasteiger partial charge in [0.25, 0.3) is 0 Å². The molecular formula is C12H25N. The maximum Gasteiger partial charge on any atom is 0.0520 e. The van der Waals surface area contributed by atoms with Crippen molar-refractivity contribution in [2.45, 2.75) is 66.3 Å². The molecule has 0 spiro atoms. The minimum atomic E-state index is 0.0729. The molecule has 13 heavy (non-hydrogen) atoms. The lowest BCUT2D eigenvalue weighted by Crippen LogP contribution is -2.18. The molecule has 0 radical (unpaired) electrons. The first-order valence-corrected chi connectivity index (χ1v) is 5.33. The predicted molar refractivity (Wildman–Crippen MR) is 61.6 cm³/mol. The lowest BCUT2D eigenvalue weighted by Gasteiger charge is -2.21. The van der Waals surface area contributed by atoms with Crippen LogP contribution in [0.25, 0.3) is 0 Å². The largest absolute Gasteiger partial charge is 0.291 e. The summed E-state index contributed by atoms with van der Waals surface area (Å²) < 4.78 is 0. The summed E-state index contributed by atoms with van der Waals surface area (Å²) in [5.74, 6) is 0. The highest BCUT2D eigenvalue weighted by Gasteiger charge is 2.15. The van der Waals surface area contributed by atoms with Crippen LogP contribution in [0.4, 0.5) is 0 Å². The second-order valence-electron chi connectivity index (χ2n) is 5.52. The van der Waals surface area contributed by atoms with Crippen molar-refractivity contribution in [1.82, 2.24) is 0 Å². The normalized spacial score (nSPS) is 14.0. The van der Waals surface area contributed by atoms with Crippen molar-refractivity contribution in [1.29, 1.82) is 0 Å². The van der Waals surface area contributed by atoms with E-state index in [1.807, 2.05) is 0 Å². The van der Waals surface area contributed by atoms with E-state index in [1.54, 1.807) is 0 Å². The topological polar surface area (TPSA) is 12.4 Å². The molecule has 1 nitrogen and oxygen atoms in total. The molecule has 78 valence electrons. The van der Waals surface area contributed by atoms with Crippen LogP contribution < -0.4 is 0 Å². The summed E-state index contributed by atoms with van der Waals surface area (Å²) in [5.41, 5.74) is 0.340. The molecule has 0 rings (SSSR count). The van der Waals surface area contributed by atoms with Gasteiger partial charge in [-0.15, -0.1) is 0 Å². The minimum absolute atomic E-state index is 0.0729. The highest BCUT2D eigenvalue weighted by atomic mass is 14.8. The molecule has 0 aliphatic rings. The second kappa shape index (κ2) is 4.78. The predicted octanol–water partition coefficient (Wildman–Crippen LogP) is 4.07. The van der Waals surface area contributed by atoms with Crippen molar-refractivity contribution < 1.29 is 0 Å². The lowest BCUT2D eigenvalue weighted by atomic mass is 9.88. The molecule has 0 fully saturated rings. The molecule has 0 unspecified atom stereocenters. The van der Waals surface area contributed by atoms with E-state index >= 15 is 0 Å². The Balaban J connectivity index is 4.08. The van der Waals surface area contributed by atoms with Gasteiger partial charge in [-0.2, -0.15) is 0 Å². The third-order valence-corrected chi connectivity index (χ3v) is 1.98. The maximum absolute atomic E-state index is 4.56. The molecular weight excluding hydrogens is 158 g/mol. The van der Waals surface area contributed by atoms with Gasteiger partial charge in [-0.3, -0.25) is 4.99 Å². The highest BCUT2D eigenvalue weighted by molar-refractivity contribution is 5.65. The Morgan fingerprint density at radius 3 is 2.00 bits per heavy atom. The first-order valence-electron chi connectivity index (χ1n) is 5.33. The van der Waals surface area contributed by atoms with Crippen LogP contribution in [0.5, 0.6) is 0 Å². The molecule has 0 saturated carbocycles. The van der Waals surface area contributed by atoms with E-state index in [9.17, 15) is 0 Å². The monoisotopic (exact) mass is 183 g/mol. The van der Waals surface area contributed by atoms with Crippen molar-refractivity contribution in [3.8, 4) is 0 Å². The number of rotatable bonds is 4. The molecule has 0 heterocycles. The fourth-order valence-corrected chi connectivity index (χ4v) is 1.07. The van der Waals surface area contributed by atoms with Gasteiger partial charge in [0, 0.05) is 6.21 Å². The molecule has 0 saturated heterocycles. The van der Waals surface area contributed by atoms with Crippen LogP contribution in [0.1, 0.15) is 60.8 Å². The average Bonchev–Trinajstić information content (AvgIpc) is 1.97. The fraction of sp³-hybridized carbons (Fsp3) is 0.917. The Morgan fingerprint density at radius 1 is 1.08 bits per heavy atom. The van der Waals surface area contributed by atoms with Gasteiger partial charge in [0.15, 0.2) is 0 Å². The van der Waals surface area contributed by atoms with Gasteiger partial charge in [0.05, 0.1) is 5.54 Å². The van der Waals surface area contributed by atoms with E-state index < -0.39 is 0 Å². The number of aliphatic imine (C=N–C) groups is 1. The number of hydrogen-bond acceptors (Lipinski definition) is 1. The minimum Gasteiger partial charge on any atom is -0.291 e. The van der Waals surface area contributed by atoms with E-state index in [0.29, 0.717) is 0 Å². The van der Waals surface area contributed by atoms with Crippen molar-refractivity contribution in [2.24, 2.45) is 10.4 Å². The first kappa shape index (κ1) is 12.7. The number of nitrogens with zero attached hydrogens (tertiary/aromatic N) is 1. The second-order valence-corrected chi connectivity index (χ2v) is 5.52. The summed E-state index contributed by atoms with van der Waals surface area (Å²) in [6.07, 6.45) is 5.93. The quantitative estimate of drug-likeness (QED) is 0.583. The Labute approximate surface area is 83.6 Å². The van der Waals surface area contributed by atoms with Gasteiger partial charge in [0.2, 0.25) is 0 Å². The molecule has 1 heteroatoms. The van der Waals surface area contributed by atoms with E-state index in [1.165, 1.54) is 19.3 Å². The van der Waals surface area contributed by atoms with Crippen LogP contribution in [0.2, 0.25) is 0 Å². The zero-order chi connectivity index (χ0) is 10.5. The van der Waals surface area contributed by atoms with Gasteiger partial charge in [-0.05, 0) is 32.6 Å². The molecule has 0 aromatic rings. The molecule has 0 atom stereocenters. The van der Waals surface area contributed by atoms with E-state index in [4.69, 9.17) is 0 Å². The van der Waals surface area contributed by atoms with Crippen LogP contribution in [-0.2, 0) is 0 Å². The van der Waals surface area contributed by atoms with E-state index in [2.05, 4.69) is 52.7 Å². The van der Waals surface area contributed by atoms with Crippen LogP contribution >= 0.6 is 0 Å². The summed E-state index contributed by atoms with van der Waals surface area (Å²) in [4.78, 5) is 4.56. The van der Waals surface area contributed by atoms with Gasteiger partial charge >= 0.3 is 0 Å². The molecule has 0 amide bonds. The van der Waals surface area contributed by atoms with Crippen molar-refractivity contribution in [3.63, 3.8) is 0 Å². The Morgan fingerprint density at radius 2 is 1.62 bits per heavy atom. The lowest BCUT2D eigenvalue weighted by molar-refractivity contribution is 0.455. The number of hydrogen-bond donors (Lipinski definition) is 0. The van der Waals surface area contributed by atoms with Crippen LogP contribution in [-0.4, -0.2) is 11.8 Å². The summed E-state index contributed by atoms with van der Waals surface area (Å²) in [5, 5.41) is 0. The van der Waals surface area contributed by atoms with Crippen molar-refractivity contribution in [3.05, 3.63) is 0 Å². The summed E-state index contributed by atoms with van der Waals surface area (Å²) in [7, 11) is 0. The van der Waals surface area contributed by atoms with Gasteiger partial charge < -0.3 is 0 Å². The zero-order valence-electron chi connectivity index (χ0n) is 10.1. The first-order chi connectivity index (χ1) is 5.77. The third kappa shape index (κ3) is 8.01. The van der Waals surface area contributed by atoms with Crippen molar-refractivity contribution >= 4 is 6.21 Å². The summed E-state index contributed by atoms with van der Waals surface area (Å²) in [6, 6.07) is 0. The van der Waals surface area contributed by atoms with Crippen LogP contribution in [0.3, 0.4) is 0 Å². The molecule has 0 bridgehead atoms. The van der Waals surface area contributed by atoms with Gasteiger partial charge in [-0.25, -0.2) is 0 Å².